The molecule has 0 aliphatic carbocycles. The second-order valence-corrected chi connectivity index (χ2v) is 6.18. The number of benzene rings is 1. The predicted molar refractivity (Wildman–Crippen MR) is 108 cm³/mol. The van der Waals surface area contributed by atoms with Crippen LogP contribution in [0.3, 0.4) is 0 Å². The van der Waals surface area contributed by atoms with E-state index in [-0.39, 0.29) is 5.91 Å². The number of nitrogens with zero attached hydrogens (tertiary/aromatic N) is 2. The van der Waals surface area contributed by atoms with Crippen LogP contribution in [0.1, 0.15) is 50.4 Å². The lowest BCUT2D eigenvalue weighted by molar-refractivity contribution is -0.120. The summed E-state index contributed by atoms with van der Waals surface area (Å²) in [6.45, 7) is 1.90. The highest BCUT2D eigenvalue weighted by atomic mass is 16.1. The number of rotatable bonds is 10. The van der Waals surface area contributed by atoms with Crippen LogP contribution in [0.4, 0.5) is 0 Å². The van der Waals surface area contributed by atoms with Gasteiger partial charge in [0.25, 0.3) is 0 Å². The van der Waals surface area contributed by atoms with Gasteiger partial charge in [-0.25, -0.2) is 4.98 Å². The van der Waals surface area contributed by atoms with Gasteiger partial charge in [-0.3, -0.25) is 9.79 Å². The van der Waals surface area contributed by atoms with E-state index in [1.54, 1.807) is 19.5 Å². The molecule has 0 aliphatic heterocycles. The molecule has 0 fully saturated rings. The fourth-order valence-corrected chi connectivity index (χ4v) is 2.68. The van der Waals surface area contributed by atoms with Gasteiger partial charge < -0.3 is 10.3 Å². The summed E-state index contributed by atoms with van der Waals surface area (Å²) in [6.07, 6.45) is 13.2. The Morgan fingerprint density at radius 1 is 1.19 bits per heavy atom. The molecule has 0 radical (unpaired) electrons. The molecule has 0 spiro atoms. The van der Waals surface area contributed by atoms with Crippen molar-refractivity contribution in [2.45, 2.75) is 45.4 Å². The Hall–Kier alpha value is -2.69. The number of hydrogen-bond acceptors (Lipinski definition) is 3. The highest BCUT2D eigenvalue weighted by molar-refractivity contribution is 5.75. The fourth-order valence-electron chi connectivity index (χ4n) is 2.68. The van der Waals surface area contributed by atoms with E-state index in [9.17, 15) is 4.79 Å². The van der Waals surface area contributed by atoms with Crippen molar-refractivity contribution in [3.05, 3.63) is 48.1 Å². The maximum atomic E-state index is 11.2. The van der Waals surface area contributed by atoms with Gasteiger partial charge in [0.05, 0.1) is 11.9 Å². The Labute approximate surface area is 155 Å². The van der Waals surface area contributed by atoms with Gasteiger partial charge in [-0.2, -0.15) is 0 Å². The van der Waals surface area contributed by atoms with Crippen LogP contribution in [0.5, 0.6) is 0 Å². The Balaban J connectivity index is 1.77. The molecule has 0 aliphatic rings. The number of aromatic nitrogens is 2. The van der Waals surface area contributed by atoms with Crippen LogP contribution in [0, 0.1) is 0 Å². The van der Waals surface area contributed by atoms with E-state index in [4.69, 9.17) is 0 Å². The smallest absolute Gasteiger partial charge is 0.219 e. The summed E-state index contributed by atoms with van der Waals surface area (Å²) in [7, 11) is 1.68. The molecule has 2 rings (SSSR count). The first kappa shape index (κ1) is 19.6. The van der Waals surface area contributed by atoms with Crippen LogP contribution < -0.4 is 5.32 Å². The van der Waals surface area contributed by atoms with Crippen molar-refractivity contribution < 1.29 is 4.79 Å². The Morgan fingerprint density at radius 3 is 2.69 bits per heavy atom. The molecule has 2 aromatic rings. The fraction of sp³-hybridized carbons (Fsp3) is 0.381. The lowest BCUT2D eigenvalue weighted by atomic mass is 10.1. The van der Waals surface area contributed by atoms with E-state index >= 15 is 0 Å². The van der Waals surface area contributed by atoms with E-state index in [0.29, 0.717) is 6.42 Å². The summed E-state index contributed by atoms with van der Waals surface area (Å²) in [5, 5.41) is 2.65. The number of imidazole rings is 1. The van der Waals surface area contributed by atoms with Crippen LogP contribution in [0.25, 0.3) is 17.3 Å². The summed E-state index contributed by atoms with van der Waals surface area (Å²) in [6, 6.07) is 8.32. The van der Waals surface area contributed by atoms with Gasteiger partial charge in [0, 0.05) is 32.3 Å². The highest BCUT2D eigenvalue weighted by Crippen LogP contribution is 2.19. The minimum Gasteiger partial charge on any atom is -0.359 e. The monoisotopic (exact) mass is 352 g/mol. The largest absolute Gasteiger partial charge is 0.359 e. The average molecular weight is 352 g/mol. The number of hydrogen-bond donors (Lipinski definition) is 2. The van der Waals surface area contributed by atoms with Gasteiger partial charge in [0.2, 0.25) is 5.91 Å². The number of aliphatic imine (C=N–C) groups is 1. The van der Waals surface area contributed by atoms with E-state index in [0.717, 1.165) is 54.7 Å². The molecule has 0 saturated heterocycles. The molecule has 0 bridgehead atoms. The molecule has 1 aromatic carbocycles. The number of nitrogens with one attached hydrogen (secondary N) is 2. The summed E-state index contributed by atoms with van der Waals surface area (Å²) in [5.41, 5.74) is 3.29. The molecular formula is C21H28N4O. The number of carbonyl (C=O) groups excluding carboxylic acids is 1. The third-order valence-electron chi connectivity index (χ3n) is 4.20. The molecular weight excluding hydrogens is 324 g/mol. The van der Waals surface area contributed by atoms with Gasteiger partial charge >= 0.3 is 0 Å². The van der Waals surface area contributed by atoms with Crippen LogP contribution in [-0.4, -0.2) is 29.1 Å². The number of H-pyrrole nitrogens is 1. The molecule has 5 heteroatoms. The first-order valence-electron chi connectivity index (χ1n) is 9.22. The van der Waals surface area contributed by atoms with Crippen molar-refractivity contribution in [2.24, 2.45) is 4.99 Å². The van der Waals surface area contributed by atoms with Crippen molar-refractivity contribution in [3.63, 3.8) is 0 Å². The Kier molecular flexibility index (Phi) is 8.33. The summed E-state index contributed by atoms with van der Waals surface area (Å²) in [4.78, 5) is 23.1. The van der Waals surface area contributed by atoms with Gasteiger partial charge in [-0.15, -0.1) is 0 Å². The molecule has 0 unspecified atom stereocenters. The number of amides is 1. The second-order valence-electron chi connectivity index (χ2n) is 6.18. The summed E-state index contributed by atoms with van der Waals surface area (Å²) < 4.78 is 0. The van der Waals surface area contributed by atoms with Crippen molar-refractivity contribution >= 4 is 18.2 Å². The predicted octanol–water partition coefficient (Wildman–Crippen LogP) is 4.38. The SMILES string of the molecule is CC=N/C=C\c1ccc(-c2cnc(CCCCCCC(=O)NC)[nH]2)cc1. The maximum Gasteiger partial charge on any atom is 0.219 e. The molecule has 26 heavy (non-hydrogen) atoms. The second kappa shape index (κ2) is 11.0. The number of aryl methyl sites for hydroxylation is 1. The topological polar surface area (TPSA) is 70.1 Å². The average Bonchev–Trinajstić information content (AvgIpc) is 3.14. The van der Waals surface area contributed by atoms with Gasteiger partial charge in [-0.1, -0.05) is 37.1 Å². The lowest BCUT2D eigenvalue weighted by Gasteiger charge is -2.01. The molecule has 2 N–H and O–H groups in total. The van der Waals surface area contributed by atoms with E-state index < -0.39 is 0 Å². The van der Waals surface area contributed by atoms with Crippen LogP contribution in [0.15, 0.2) is 41.7 Å². The third-order valence-corrected chi connectivity index (χ3v) is 4.20. The molecule has 0 atom stereocenters. The van der Waals surface area contributed by atoms with Crippen LogP contribution in [-0.2, 0) is 11.2 Å². The van der Waals surface area contributed by atoms with Crippen molar-refractivity contribution in [1.29, 1.82) is 0 Å². The minimum absolute atomic E-state index is 0.125. The van der Waals surface area contributed by atoms with E-state index in [2.05, 4.69) is 44.5 Å². The number of aromatic amines is 1. The minimum atomic E-state index is 0.125. The van der Waals surface area contributed by atoms with Crippen molar-refractivity contribution in [3.8, 4) is 11.3 Å². The maximum absolute atomic E-state index is 11.2. The van der Waals surface area contributed by atoms with Crippen molar-refractivity contribution in [2.75, 3.05) is 7.05 Å². The van der Waals surface area contributed by atoms with E-state index in [1.165, 1.54) is 0 Å². The molecule has 1 amide bonds. The molecule has 138 valence electrons. The van der Waals surface area contributed by atoms with Gasteiger partial charge in [-0.05, 0) is 37.0 Å². The van der Waals surface area contributed by atoms with E-state index in [1.807, 2.05) is 19.2 Å². The molecule has 1 heterocycles. The highest BCUT2D eigenvalue weighted by Gasteiger charge is 2.04. The first-order valence-corrected chi connectivity index (χ1v) is 9.22. The normalized spacial score (nSPS) is 11.5. The van der Waals surface area contributed by atoms with Crippen molar-refractivity contribution in [1.82, 2.24) is 15.3 Å². The Bertz CT molecular complexity index is 729. The first-order chi connectivity index (χ1) is 12.7. The van der Waals surface area contributed by atoms with Crippen LogP contribution >= 0.6 is 0 Å². The standard InChI is InChI=1S/C21H28N4O/c1-3-23-15-14-17-10-12-18(13-11-17)19-16-24-20(25-19)8-6-4-5-7-9-21(26)22-2/h3,10-16H,4-9H2,1-2H3,(H,22,26)(H,24,25)/b15-14-,23-3?. The van der Waals surface area contributed by atoms with Gasteiger partial charge in [0.15, 0.2) is 0 Å². The number of unbranched alkanes of at least 4 members (excludes halogenated alkanes) is 3. The zero-order valence-electron chi connectivity index (χ0n) is 15.7. The third kappa shape index (κ3) is 6.67. The quantitative estimate of drug-likeness (QED) is 0.492. The lowest BCUT2D eigenvalue weighted by Crippen LogP contribution is -2.16. The Morgan fingerprint density at radius 2 is 1.96 bits per heavy atom. The van der Waals surface area contributed by atoms with Crippen LogP contribution in [0.2, 0.25) is 0 Å². The summed E-state index contributed by atoms with van der Waals surface area (Å²) in [5.74, 6) is 1.15. The zero-order valence-corrected chi connectivity index (χ0v) is 15.7. The molecule has 5 nitrogen and oxygen atoms in total. The summed E-state index contributed by atoms with van der Waals surface area (Å²) >= 11 is 0. The van der Waals surface area contributed by atoms with Gasteiger partial charge in [0.1, 0.15) is 5.82 Å². The zero-order chi connectivity index (χ0) is 18.6. The molecule has 0 saturated carbocycles. The number of carbonyl (C=O) groups is 1. The molecule has 1 aromatic heterocycles.